The molecule has 6 heteroatoms. The van der Waals surface area contributed by atoms with Crippen LogP contribution in [0.3, 0.4) is 0 Å². The predicted octanol–water partition coefficient (Wildman–Crippen LogP) is 3.66. The van der Waals surface area contributed by atoms with Crippen molar-refractivity contribution in [3.63, 3.8) is 0 Å². The van der Waals surface area contributed by atoms with E-state index in [0.717, 1.165) is 25.7 Å². The van der Waals surface area contributed by atoms with E-state index in [1.807, 2.05) is 20.8 Å². The fourth-order valence-electron chi connectivity index (χ4n) is 2.15. The van der Waals surface area contributed by atoms with Crippen molar-refractivity contribution >= 4 is 0 Å². The molecule has 0 amide bonds. The van der Waals surface area contributed by atoms with Crippen molar-refractivity contribution < 1.29 is 17.6 Å². The largest absolute Gasteiger partial charge is 0.419 e. The van der Waals surface area contributed by atoms with Gasteiger partial charge in [-0.05, 0) is 26.1 Å². The summed E-state index contributed by atoms with van der Waals surface area (Å²) in [6.45, 7) is 8.68. The molecule has 0 bridgehead atoms. The number of likely N-dealkylation sites (N-methyl/N-ethyl adjacent to an activating group) is 1. The lowest BCUT2D eigenvalue weighted by atomic mass is 10.1. The summed E-state index contributed by atoms with van der Waals surface area (Å²) in [6, 6.07) is 3.44. The van der Waals surface area contributed by atoms with Crippen LogP contribution in [0.4, 0.5) is 17.6 Å². The zero-order valence-electron chi connectivity index (χ0n) is 12.6. The van der Waals surface area contributed by atoms with Crippen molar-refractivity contribution in [3.8, 4) is 0 Å². The highest BCUT2D eigenvalue weighted by Crippen LogP contribution is 2.32. The summed E-state index contributed by atoms with van der Waals surface area (Å²) < 4.78 is 51.7. The van der Waals surface area contributed by atoms with Crippen molar-refractivity contribution in [2.24, 2.45) is 0 Å². The molecule has 0 aliphatic carbocycles. The van der Waals surface area contributed by atoms with Gasteiger partial charge in [0.15, 0.2) is 0 Å². The molecular weight excluding hydrogens is 284 g/mol. The summed E-state index contributed by atoms with van der Waals surface area (Å²) in [5.74, 6) is -1.19. The average molecular weight is 306 g/mol. The van der Waals surface area contributed by atoms with E-state index in [9.17, 15) is 17.6 Å². The lowest BCUT2D eigenvalue weighted by molar-refractivity contribution is -0.140. The van der Waals surface area contributed by atoms with Crippen LogP contribution >= 0.6 is 0 Å². The van der Waals surface area contributed by atoms with Gasteiger partial charge in [0, 0.05) is 24.7 Å². The summed E-state index contributed by atoms with van der Waals surface area (Å²) in [5.41, 5.74) is -1.17. The Labute approximate surface area is 123 Å². The number of alkyl halides is 3. The highest BCUT2D eigenvalue weighted by molar-refractivity contribution is 5.28. The second-order valence-electron chi connectivity index (χ2n) is 5.04. The molecule has 1 aromatic carbocycles. The van der Waals surface area contributed by atoms with Crippen molar-refractivity contribution in [1.29, 1.82) is 0 Å². The summed E-state index contributed by atoms with van der Waals surface area (Å²) in [5, 5.41) is 3.07. The minimum Gasteiger partial charge on any atom is -0.309 e. The number of halogens is 4. The standard InChI is InChI=1S/C15H22F4N2/c1-4-21(5-2)10-11(3)20-9-12-7-6-8-13(14(12)16)15(17,18)19/h6-8,11,20H,4-5,9-10H2,1-3H3. The highest BCUT2D eigenvalue weighted by atomic mass is 19.4. The van der Waals surface area contributed by atoms with Crippen molar-refractivity contribution in [2.75, 3.05) is 19.6 Å². The molecule has 1 atom stereocenters. The Kier molecular flexibility index (Phi) is 6.61. The highest BCUT2D eigenvalue weighted by Gasteiger charge is 2.34. The molecule has 1 rings (SSSR count). The van der Waals surface area contributed by atoms with Gasteiger partial charge in [-0.1, -0.05) is 26.0 Å². The van der Waals surface area contributed by atoms with Gasteiger partial charge in [-0.15, -0.1) is 0 Å². The van der Waals surface area contributed by atoms with Gasteiger partial charge in [0.05, 0.1) is 5.56 Å². The smallest absolute Gasteiger partial charge is 0.309 e. The molecule has 0 radical (unpaired) electrons. The maximum absolute atomic E-state index is 13.8. The second kappa shape index (κ2) is 7.75. The van der Waals surface area contributed by atoms with Crippen molar-refractivity contribution in [1.82, 2.24) is 10.2 Å². The zero-order chi connectivity index (χ0) is 16.0. The Morgan fingerprint density at radius 1 is 1.19 bits per heavy atom. The van der Waals surface area contributed by atoms with Gasteiger partial charge in [-0.2, -0.15) is 13.2 Å². The zero-order valence-corrected chi connectivity index (χ0v) is 12.6. The lowest BCUT2D eigenvalue weighted by Gasteiger charge is -2.23. The molecule has 21 heavy (non-hydrogen) atoms. The molecular formula is C15H22F4N2. The second-order valence-corrected chi connectivity index (χ2v) is 5.04. The van der Waals surface area contributed by atoms with Gasteiger partial charge in [0.2, 0.25) is 0 Å². The van der Waals surface area contributed by atoms with Gasteiger partial charge < -0.3 is 10.2 Å². The number of hydrogen-bond acceptors (Lipinski definition) is 2. The van der Waals surface area contributed by atoms with Crippen LogP contribution in [0.25, 0.3) is 0 Å². The monoisotopic (exact) mass is 306 g/mol. The molecule has 0 aliphatic rings. The van der Waals surface area contributed by atoms with Gasteiger partial charge in [0.25, 0.3) is 0 Å². The first-order valence-electron chi connectivity index (χ1n) is 7.09. The number of hydrogen-bond donors (Lipinski definition) is 1. The molecule has 1 unspecified atom stereocenters. The maximum atomic E-state index is 13.8. The van der Waals surface area contributed by atoms with Crippen LogP contribution in [0.1, 0.15) is 31.9 Å². The van der Waals surface area contributed by atoms with Crippen LogP contribution in [0.15, 0.2) is 18.2 Å². The van der Waals surface area contributed by atoms with E-state index in [4.69, 9.17) is 0 Å². The first-order valence-corrected chi connectivity index (χ1v) is 7.09. The number of rotatable bonds is 7. The topological polar surface area (TPSA) is 15.3 Å². The van der Waals surface area contributed by atoms with Crippen LogP contribution in [0, 0.1) is 5.82 Å². The Morgan fingerprint density at radius 3 is 2.33 bits per heavy atom. The Bertz CT molecular complexity index is 442. The lowest BCUT2D eigenvalue weighted by Crippen LogP contribution is -2.38. The minimum absolute atomic E-state index is 0.0382. The Hall–Kier alpha value is -1.14. The maximum Gasteiger partial charge on any atom is 0.419 e. The normalized spacial score (nSPS) is 13.7. The van der Waals surface area contributed by atoms with E-state index in [1.165, 1.54) is 12.1 Å². The third-order valence-corrected chi connectivity index (χ3v) is 3.45. The molecule has 0 saturated carbocycles. The summed E-state index contributed by atoms with van der Waals surface area (Å²) >= 11 is 0. The molecule has 0 aliphatic heterocycles. The predicted molar refractivity (Wildman–Crippen MR) is 75.5 cm³/mol. The van der Waals surface area contributed by atoms with Gasteiger partial charge >= 0.3 is 6.18 Å². The number of nitrogens with one attached hydrogen (secondary N) is 1. The van der Waals surface area contributed by atoms with E-state index in [0.29, 0.717) is 0 Å². The summed E-state index contributed by atoms with van der Waals surface area (Å²) in [6.07, 6.45) is -4.66. The van der Waals surface area contributed by atoms with Crippen LogP contribution in [0.2, 0.25) is 0 Å². The van der Waals surface area contributed by atoms with Gasteiger partial charge in [-0.3, -0.25) is 0 Å². The minimum atomic E-state index is -4.66. The van der Waals surface area contributed by atoms with E-state index >= 15 is 0 Å². The van der Waals surface area contributed by atoms with Gasteiger partial charge in [0.1, 0.15) is 5.82 Å². The Balaban J connectivity index is 2.68. The molecule has 0 spiro atoms. The molecule has 1 N–H and O–H groups in total. The third-order valence-electron chi connectivity index (χ3n) is 3.45. The molecule has 0 heterocycles. The van der Waals surface area contributed by atoms with Crippen LogP contribution < -0.4 is 5.32 Å². The van der Waals surface area contributed by atoms with E-state index in [-0.39, 0.29) is 18.2 Å². The molecule has 0 saturated heterocycles. The molecule has 1 aromatic rings. The van der Waals surface area contributed by atoms with Gasteiger partial charge in [-0.25, -0.2) is 4.39 Å². The van der Waals surface area contributed by atoms with E-state index < -0.39 is 17.6 Å². The summed E-state index contributed by atoms with van der Waals surface area (Å²) in [4.78, 5) is 2.19. The van der Waals surface area contributed by atoms with E-state index in [1.54, 1.807) is 0 Å². The van der Waals surface area contributed by atoms with Crippen LogP contribution in [0.5, 0.6) is 0 Å². The SMILES string of the molecule is CCN(CC)CC(C)NCc1cccc(C(F)(F)F)c1F. The van der Waals surface area contributed by atoms with Crippen LogP contribution in [-0.2, 0) is 12.7 Å². The first-order chi connectivity index (χ1) is 9.79. The fraction of sp³-hybridized carbons (Fsp3) is 0.600. The number of benzene rings is 1. The molecule has 0 fully saturated rings. The number of nitrogens with zero attached hydrogens (tertiary/aromatic N) is 1. The fourth-order valence-corrected chi connectivity index (χ4v) is 2.15. The molecule has 120 valence electrons. The molecule has 0 aromatic heterocycles. The quantitative estimate of drug-likeness (QED) is 0.773. The van der Waals surface area contributed by atoms with Crippen molar-refractivity contribution in [2.45, 2.75) is 39.5 Å². The first kappa shape index (κ1) is 17.9. The van der Waals surface area contributed by atoms with Crippen LogP contribution in [-0.4, -0.2) is 30.6 Å². The van der Waals surface area contributed by atoms with E-state index in [2.05, 4.69) is 10.2 Å². The summed E-state index contributed by atoms with van der Waals surface area (Å²) in [7, 11) is 0. The third kappa shape index (κ3) is 5.28. The Morgan fingerprint density at radius 2 is 1.81 bits per heavy atom. The average Bonchev–Trinajstić information content (AvgIpc) is 2.42. The van der Waals surface area contributed by atoms with Crippen molar-refractivity contribution in [3.05, 3.63) is 35.1 Å². The molecule has 2 nitrogen and oxygen atoms in total.